The maximum Gasteiger partial charge on any atom is 0.254 e. The molecule has 3 N–H and O–H groups in total. The number of carbonyl (C=O) groups is 3. The standard InChI is InChI=1S/C22H31N5O3/c28-20-5-4-19(21(29)25-20)24-18-3-1-2-17(14-18)22(30)27-12-10-26(11-13-27)15-16-6-8-23-9-7-16/h1-3,14,16,19,23-24H,4-13,15H2,(H,25,28,29). The smallest absolute Gasteiger partial charge is 0.254 e. The van der Waals surface area contributed by atoms with Crippen LogP contribution >= 0.6 is 0 Å². The Labute approximate surface area is 177 Å². The molecule has 1 unspecified atom stereocenters. The van der Waals surface area contributed by atoms with E-state index in [0.29, 0.717) is 18.4 Å². The second kappa shape index (κ2) is 9.57. The Morgan fingerprint density at radius 2 is 1.83 bits per heavy atom. The van der Waals surface area contributed by atoms with Gasteiger partial charge in [0.25, 0.3) is 5.91 Å². The average molecular weight is 414 g/mol. The lowest BCUT2D eigenvalue weighted by Gasteiger charge is -2.37. The van der Waals surface area contributed by atoms with E-state index in [-0.39, 0.29) is 17.7 Å². The largest absolute Gasteiger partial charge is 0.374 e. The second-order valence-electron chi connectivity index (χ2n) is 8.52. The molecule has 0 radical (unpaired) electrons. The fraction of sp³-hybridized carbons (Fsp3) is 0.591. The molecular formula is C22H31N5O3. The van der Waals surface area contributed by atoms with Gasteiger partial charge >= 0.3 is 0 Å². The van der Waals surface area contributed by atoms with Gasteiger partial charge in [-0.3, -0.25) is 24.6 Å². The first kappa shape index (κ1) is 20.8. The van der Waals surface area contributed by atoms with Crippen molar-refractivity contribution in [1.29, 1.82) is 0 Å². The molecule has 0 saturated carbocycles. The number of piperidine rings is 2. The summed E-state index contributed by atoms with van der Waals surface area (Å²) in [6.07, 6.45) is 3.27. The summed E-state index contributed by atoms with van der Waals surface area (Å²) in [5, 5.41) is 8.91. The predicted molar refractivity (Wildman–Crippen MR) is 114 cm³/mol. The van der Waals surface area contributed by atoms with E-state index in [1.54, 1.807) is 6.07 Å². The molecule has 1 aromatic carbocycles. The summed E-state index contributed by atoms with van der Waals surface area (Å²) in [5.41, 5.74) is 1.35. The molecular weight excluding hydrogens is 382 g/mol. The first-order valence-corrected chi connectivity index (χ1v) is 11.0. The number of hydrogen-bond donors (Lipinski definition) is 3. The lowest BCUT2D eigenvalue weighted by molar-refractivity contribution is -0.133. The van der Waals surface area contributed by atoms with Crippen LogP contribution in [0.15, 0.2) is 24.3 Å². The van der Waals surface area contributed by atoms with Gasteiger partial charge in [-0.05, 0) is 56.5 Å². The quantitative estimate of drug-likeness (QED) is 0.614. The third-order valence-electron chi connectivity index (χ3n) is 6.32. The highest BCUT2D eigenvalue weighted by molar-refractivity contribution is 6.01. The van der Waals surface area contributed by atoms with Gasteiger partial charge in [0, 0.05) is 50.4 Å². The first-order chi connectivity index (χ1) is 14.6. The van der Waals surface area contributed by atoms with Crippen LogP contribution in [0.4, 0.5) is 5.69 Å². The molecule has 3 saturated heterocycles. The van der Waals surface area contributed by atoms with Crippen molar-refractivity contribution >= 4 is 23.4 Å². The molecule has 3 aliphatic rings. The minimum atomic E-state index is -0.452. The van der Waals surface area contributed by atoms with Crippen LogP contribution in [-0.2, 0) is 9.59 Å². The van der Waals surface area contributed by atoms with Crippen LogP contribution in [0.25, 0.3) is 0 Å². The van der Waals surface area contributed by atoms with Gasteiger partial charge in [-0.2, -0.15) is 0 Å². The molecule has 4 rings (SSSR count). The van der Waals surface area contributed by atoms with Gasteiger partial charge in [0.15, 0.2) is 0 Å². The summed E-state index contributed by atoms with van der Waals surface area (Å²) in [6, 6.07) is 6.84. The normalized spacial score (nSPS) is 23.9. The number of nitrogens with one attached hydrogen (secondary N) is 3. The third-order valence-corrected chi connectivity index (χ3v) is 6.32. The van der Waals surface area contributed by atoms with Gasteiger partial charge in [0.2, 0.25) is 11.8 Å². The maximum atomic E-state index is 13.0. The third kappa shape index (κ3) is 5.17. The van der Waals surface area contributed by atoms with Crippen molar-refractivity contribution in [2.24, 2.45) is 5.92 Å². The molecule has 8 nitrogen and oxygen atoms in total. The Morgan fingerprint density at radius 3 is 2.57 bits per heavy atom. The molecule has 0 aromatic heterocycles. The molecule has 0 spiro atoms. The second-order valence-corrected chi connectivity index (χ2v) is 8.52. The molecule has 3 heterocycles. The molecule has 8 heteroatoms. The fourth-order valence-corrected chi connectivity index (χ4v) is 4.52. The van der Waals surface area contributed by atoms with Crippen LogP contribution in [0, 0.1) is 5.92 Å². The van der Waals surface area contributed by atoms with Crippen molar-refractivity contribution in [2.45, 2.75) is 31.7 Å². The van der Waals surface area contributed by atoms with Crippen molar-refractivity contribution in [2.75, 3.05) is 51.1 Å². The Bertz CT molecular complexity index is 785. The lowest BCUT2D eigenvalue weighted by atomic mass is 9.97. The van der Waals surface area contributed by atoms with Crippen molar-refractivity contribution < 1.29 is 14.4 Å². The Morgan fingerprint density at radius 1 is 1.07 bits per heavy atom. The molecule has 3 fully saturated rings. The van der Waals surface area contributed by atoms with E-state index >= 15 is 0 Å². The van der Waals surface area contributed by atoms with Crippen molar-refractivity contribution in [3.05, 3.63) is 29.8 Å². The van der Waals surface area contributed by atoms with E-state index in [1.165, 1.54) is 12.8 Å². The molecule has 162 valence electrons. The van der Waals surface area contributed by atoms with Crippen LogP contribution < -0.4 is 16.0 Å². The van der Waals surface area contributed by atoms with Crippen LogP contribution in [0.5, 0.6) is 0 Å². The van der Waals surface area contributed by atoms with E-state index in [0.717, 1.165) is 57.4 Å². The van der Waals surface area contributed by atoms with Crippen molar-refractivity contribution in [1.82, 2.24) is 20.4 Å². The summed E-state index contributed by atoms with van der Waals surface area (Å²) >= 11 is 0. The number of piperazine rings is 1. The summed E-state index contributed by atoms with van der Waals surface area (Å²) in [6.45, 7) is 6.70. The Hall–Kier alpha value is -2.45. The molecule has 3 aliphatic heterocycles. The van der Waals surface area contributed by atoms with Crippen molar-refractivity contribution in [3.63, 3.8) is 0 Å². The SMILES string of the molecule is O=C1CCC(Nc2cccc(C(=O)N3CCN(CC4CCNCC4)CC3)c2)C(=O)N1. The highest BCUT2D eigenvalue weighted by Crippen LogP contribution is 2.19. The van der Waals surface area contributed by atoms with Crippen molar-refractivity contribution in [3.8, 4) is 0 Å². The molecule has 0 bridgehead atoms. The number of amides is 3. The van der Waals surface area contributed by atoms with Crippen LogP contribution in [-0.4, -0.2) is 79.4 Å². The number of hydrogen-bond acceptors (Lipinski definition) is 6. The maximum absolute atomic E-state index is 13.0. The van der Waals surface area contributed by atoms with Crippen LogP contribution in [0.2, 0.25) is 0 Å². The average Bonchev–Trinajstić information content (AvgIpc) is 2.77. The minimum absolute atomic E-state index is 0.0310. The number of nitrogens with zero attached hydrogens (tertiary/aromatic N) is 2. The van der Waals surface area contributed by atoms with E-state index in [4.69, 9.17) is 0 Å². The fourth-order valence-electron chi connectivity index (χ4n) is 4.52. The van der Waals surface area contributed by atoms with Gasteiger partial charge < -0.3 is 15.5 Å². The Kier molecular flexibility index (Phi) is 6.64. The molecule has 0 aliphatic carbocycles. The topological polar surface area (TPSA) is 93.8 Å². The summed E-state index contributed by atoms with van der Waals surface area (Å²) in [4.78, 5) is 40.7. The molecule has 1 aromatic rings. The first-order valence-electron chi connectivity index (χ1n) is 11.0. The van der Waals surface area contributed by atoms with E-state index in [1.807, 2.05) is 23.1 Å². The predicted octanol–water partition coefficient (Wildman–Crippen LogP) is 0.661. The molecule has 3 amide bonds. The van der Waals surface area contributed by atoms with Gasteiger partial charge in [-0.15, -0.1) is 0 Å². The van der Waals surface area contributed by atoms with Crippen LogP contribution in [0.1, 0.15) is 36.0 Å². The summed E-state index contributed by atoms with van der Waals surface area (Å²) in [5.74, 6) is 0.251. The van der Waals surface area contributed by atoms with E-state index in [2.05, 4.69) is 20.9 Å². The summed E-state index contributed by atoms with van der Waals surface area (Å²) < 4.78 is 0. The highest BCUT2D eigenvalue weighted by Gasteiger charge is 2.27. The zero-order valence-corrected chi connectivity index (χ0v) is 17.4. The van der Waals surface area contributed by atoms with Gasteiger partial charge in [0.05, 0.1) is 0 Å². The van der Waals surface area contributed by atoms with Gasteiger partial charge in [0.1, 0.15) is 6.04 Å². The van der Waals surface area contributed by atoms with E-state index in [9.17, 15) is 14.4 Å². The molecule has 30 heavy (non-hydrogen) atoms. The molecule has 1 atom stereocenters. The lowest BCUT2D eigenvalue weighted by Crippen LogP contribution is -2.50. The number of anilines is 1. The number of rotatable bonds is 5. The number of benzene rings is 1. The zero-order chi connectivity index (χ0) is 20.9. The van der Waals surface area contributed by atoms with Gasteiger partial charge in [-0.25, -0.2) is 0 Å². The summed E-state index contributed by atoms with van der Waals surface area (Å²) in [7, 11) is 0. The highest BCUT2D eigenvalue weighted by atomic mass is 16.2. The Balaban J connectivity index is 1.30. The van der Waals surface area contributed by atoms with Crippen LogP contribution in [0.3, 0.4) is 0 Å². The minimum Gasteiger partial charge on any atom is -0.374 e. The zero-order valence-electron chi connectivity index (χ0n) is 17.4. The number of imide groups is 1. The monoisotopic (exact) mass is 413 g/mol. The number of carbonyl (C=O) groups excluding carboxylic acids is 3. The van der Waals surface area contributed by atoms with Gasteiger partial charge in [-0.1, -0.05) is 6.07 Å². The van der Waals surface area contributed by atoms with E-state index < -0.39 is 6.04 Å².